The minimum atomic E-state index is 0. The second-order valence-electron chi connectivity index (χ2n) is 10.2. The van der Waals surface area contributed by atoms with Crippen molar-refractivity contribution in [3.63, 3.8) is 0 Å². The molecule has 0 saturated carbocycles. The largest absolute Gasteiger partial charge is 1.00 e. The number of rotatable bonds is 25. The molecule has 0 aromatic heterocycles. The van der Waals surface area contributed by atoms with Gasteiger partial charge in [-0.3, -0.25) is 0 Å². The predicted molar refractivity (Wildman–Crippen MR) is 139 cm³/mol. The molecule has 0 aliphatic rings. The Morgan fingerprint density at radius 2 is 0.484 bits per heavy atom. The monoisotopic (exact) mass is 551 g/mol. The maximum atomic E-state index is 2.34. The van der Waals surface area contributed by atoms with Crippen LogP contribution in [0.25, 0.3) is 0 Å². The minimum Gasteiger partial charge on any atom is -1.00 e. The van der Waals surface area contributed by atoms with Crippen molar-refractivity contribution >= 4 is 0 Å². The third-order valence-corrected chi connectivity index (χ3v) is 7.19. The van der Waals surface area contributed by atoms with Crippen molar-refractivity contribution < 1.29 is 28.5 Å². The summed E-state index contributed by atoms with van der Waals surface area (Å²) in [5, 5.41) is 0. The average molecular weight is 552 g/mol. The molecule has 0 fully saturated rings. The summed E-state index contributed by atoms with van der Waals surface area (Å²) in [6.07, 6.45) is 30.3. The predicted octanol–water partition coefficient (Wildman–Crippen LogP) is 7.08. The first-order chi connectivity index (χ1) is 14.7. The lowest BCUT2D eigenvalue weighted by Gasteiger charge is -2.40. The molecule has 0 heterocycles. The summed E-state index contributed by atoms with van der Waals surface area (Å²) in [6.45, 7) is 15.2. The topological polar surface area (TPSA) is 0 Å². The zero-order chi connectivity index (χ0) is 22.2. The van der Waals surface area contributed by atoms with Gasteiger partial charge in [0.2, 0.25) is 0 Å². The van der Waals surface area contributed by atoms with Crippen molar-refractivity contribution in [3.8, 4) is 0 Å². The fraction of sp³-hybridized carbons (Fsp3) is 1.00. The molecular formula is C29H62IN. The van der Waals surface area contributed by atoms with Crippen LogP contribution in [0.15, 0.2) is 0 Å². The van der Waals surface area contributed by atoms with Gasteiger partial charge in [-0.15, -0.1) is 0 Å². The highest BCUT2D eigenvalue weighted by atomic mass is 127. The van der Waals surface area contributed by atoms with Gasteiger partial charge in [-0.05, 0) is 51.4 Å². The molecule has 0 aliphatic heterocycles. The SMILES string of the molecule is CCCCCCCC[N+](CCCCCCC)(CCCCCCC)CCCCCCC.[I-]. The van der Waals surface area contributed by atoms with Crippen LogP contribution in [0.2, 0.25) is 0 Å². The molecule has 31 heavy (non-hydrogen) atoms. The van der Waals surface area contributed by atoms with Gasteiger partial charge < -0.3 is 28.5 Å². The van der Waals surface area contributed by atoms with Crippen LogP contribution < -0.4 is 24.0 Å². The van der Waals surface area contributed by atoms with Crippen LogP contribution in [-0.2, 0) is 0 Å². The van der Waals surface area contributed by atoms with Crippen LogP contribution in [0.5, 0.6) is 0 Å². The second kappa shape index (κ2) is 26.9. The summed E-state index contributed by atoms with van der Waals surface area (Å²) in [7, 11) is 0. The molecule has 0 bridgehead atoms. The lowest BCUT2D eigenvalue weighted by Crippen LogP contribution is -3.00. The van der Waals surface area contributed by atoms with Gasteiger partial charge >= 0.3 is 0 Å². The molecule has 0 aliphatic carbocycles. The van der Waals surface area contributed by atoms with Crippen LogP contribution in [0.4, 0.5) is 0 Å². The molecule has 2 heteroatoms. The first-order valence-corrected chi connectivity index (χ1v) is 14.6. The fourth-order valence-electron chi connectivity index (χ4n) is 5.05. The molecule has 0 radical (unpaired) electrons. The Hall–Kier alpha value is 0.690. The Bertz CT molecular complexity index is 282. The Morgan fingerprint density at radius 1 is 0.290 bits per heavy atom. The van der Waals surface area contributed by atoms with Gasteiger partial charge in [-0.2, -0.15) is 0 Å². The molecule has 0 saturated heterocycles. The highest BCUT2D eigenvalue weighted by Crippen LogP contribution is 2.20. The molecule has 0 N–H and O–H groups in total. The lowest BCUT2D eigenvalue weighted by atomic mass is 10.1. The van der Waals surface area contributed by atoms with Crippen LogP contribution >= 0.6 is 0 Å². The molecule has 1 nitrogen and oxygen atoms in total. The van der Waals surface area contributed by atoms with E-state index in [0.717, 1.165) is 0 Å². The Labute approximate surface area is 216 Å². The molecule has 0 unspecified atom stereocenters. The van der Waals surface area contributed by atoms with Crippen LogP contribution in [-0.4, -0.2) is 30.7 Å². The number of quaternary nitrogens is 1. The Balaban J connectivity index is 0. The summed E-state index contributed by atoms with van der Waals surface area (Å²) in [6, 6.07) is 0. The van der Waals surface area contributed by atoms with Gasteiger partial charge in [0.15, 0.2) is 0 Å². The van der Waals surface area contributed by atoms with Crippen LogP contribution in [0.3, 0.4) is 0 Å². The molecule has 0 aromatic rings. The van der Waals surface area contributed by atoms with E-state index >= 15 is 0 Å². The van der Waals surface area contributed by atoms with E-state index in [0.29, 0.717) is 0 Å². The number of unbranched alkanes of at least 4 members (excludes halogenated alkanes) is 17. The minimum absolute atomic E-state index is 0. The van der Waals surface area contributed by atoms with E-state index in [4.69, 9.17) is 0 Å². The van der Waals surface area contributed by atoms with E-state index < -0.39 is 0 Å². The molecule has 0 spiro atoms. The Morgan fingerprint density at radius 3 is 0.710 bits per heavy atom. The first kappa shape index (κ1) is 33.9. The van der Waals surface area contributed by atoms with Crippen molar-refractivity contribution in [1.29, 1.82) is 0 Å². The average Bonchev–Trinajstić information content (AvgIpc) is 2.75. The maximum Gasteiger partial charge on any atom is 0.0786 e. The van der Waals surface area contributed by atoms with E-state index in [1.54, 1.807) is 0 Å². The van der Waals surface area contributed by atoms with E-state index in [1.165, 1.54) is 165 Å². The third kappa shape index (κ3) is 22.3. The van der Waals surface area contributed by atoms with E-state index in [-0.39, 0.29) is 24.0 Å². The van der Waals surface area contributed by atoms with E-state index in [9.17, 15) is 0 Å². The molecular weight excluding hydrogens is 489 g/mol. The van der Waals surface area contributed by atoms with Gasteiger partial charge in [-0.25, -0.2) is 0 Å². The first-order valence-electron chi connectivity index (χ1n) is 14.6. The molecule has 0 amide bonds. The summed E-state index contributed by atoms with van der Waals surface area (Å²) >= 11 is 0. The van der Waals surface area contributed by atoms with E-state index in [2.05, 4.69) is 27.7 Å². The normalized spacial score (nSPS) is 11.6. The van der Waals surface area contributed by atoms with Crippen molar-refractivity contribution in [2.75, 3.05) is 26.2 Å². The summed E-state index contributed by atoms with van der Waals surface area (Å²) < 4.78 is 1.47. The van der Waals surface area contributed by atoms with Crippen molar-refractivity contribution in [1.82, 2.24) is 0 Å². The smallest absolute Gasteiger partial charge is 0.0786 e. The standard InChI is InChI=1S/C29H62N.HI/c1-5-9-13-17-21-25-29-30(26-22-18-14-10-6-2,27-23-19-15-11-7-3)28-24-20-16-12-8-4;/h5-29H2,1-4H3;1H/q+1;/p-1. The number of hydrogen-bond donors (Lipinski definition) is 0. The highest BCUT2D eigenvalue weighted by Gasteiger charge is 2.25. The summed E-state index contributed by atoms with van der Waals surface area (Å²) in [5.41, 5.74) is 0. The highest BCUT2D eigenvalue weighted by molar-refractivity contribution is 4.54. The van der Waals surface area contributed by atoms with Gasteiger partial charge in [0, 0.05) is 0 Å². The second-order valence-corrected chi connectivity index (χ2v) is 10.2. The van der Waals surface area contributed by atoms with Gasteiger partial charge in [0.05, 0.1) is 26.2 Å². The van der Waals surface area contributed by atoms with Crippen LogP contribution in [0.1, 0.15) is 163 Å². The molecule has 0 rings (SSSR count). The number of halogens is 1. The van der Waals surface area contributed by atoms with E-state index in [1.807, 2.05) is 0 Å². The molecule has 0 atom stereocenters. The summed E-state index contributed by atoms with van der Waals surface area (Å²) in [5.74, 6) is 0. The zero-order valence-corrected chi connectivity index (χ0v) is 24.7. The van der Waals surface area contributed by atoms with Gasteiger partial charge in [-0.1, -0.05) is 111 Å². The number of hydrogen-bond acceptors (Lipinski definition) is 0. The number of nitrogens with zero attached hydrogens (tertiary/aromatic N) is 1. The third-order valence-electron chi connectivity index (χ3n) is 7.19. The quantitative estimate of drug-likeness (QED) is 0.0646. The van der Waals surface area contributed by atoms with Gasteiger partial charge in [0.1, 0.15) is 0 Å². The Kier molecular flexibility index (Phi) is 29.4. The van der Waals surface area contributed by atoms with Crippen molar-refractivity contribution in [2.24, 2.45) is 0 Å². The van der Waals surface area contributed by atoms with Crippen molar-refractivity contribution in [2.45, 2.75) is 163 Å². The fourth-order valence-corrected chi connectivity index (χ4v) is 5.05. The molecule has 0 aromatic carbocycles. The lowest BCUT2D eigenvalue weighted by molar-refractivity contribution is -0.929. The zero-order valence-electron chi connectivity index (χ0n) is 22.5. The summed E-state index contributed by atoms with van der Waals surface area (Å²) in [4.78, 5) is 0. The maximum absolute atomic E-state index is 2.34. The van der Waals surface area contributed by atoms with Gasteiger partial charge in [0.25, 0.3) is 0 Å². The van der Waals surface area contributed by atoms with Crippen molar-refractivity contribution in [3.05, 3.63) is 0 Å². The van der Waals surface area contributed by atoms with Crippen LogP contribution in [0, 0.1) is 0 Å². The molecule has 190 valence electrons.